The number of hydrogen-bond acceptors (Lipinski definition) is 0. The predicted molar refractivity (Wildman–Crippen MR) is 77.1 cm³/mol. The molecule has 2 aromatic carbocycles. The van der Waals surface area contributed by atoms with Gasteiger partial charge in [0, 0.05) is 9.13 Å². The van der Waals surface area contributed by atoms with Crippen molar-refractivity contribution in [2.24, 2.45) is 0 Å². The Hall–Kier alpha value is -1.27. The van der Waals surface area contributed by atoms with Crippen LogP contribution in [0.25, 0.3) is 11.1 Å². The van der Waals surface area contributed by atoms with E-state index < -0.39 is 0 Å². The van der Waals surface area contributed by atoms with Crippen molar-refractivity contribution >= 4 is 22.6 Å². The Kier molecular flexibility index (Phi) is 3.63. The molecule has 0 radical (unpaired) electrons. The molecule has 0 aliphatic carbocycles. The van der Waals surface area contributed by atoms with E-state index >= 15 is 0 Å². The maximum absolute atomic E-state index is 3.04. The lowest BCUT2D eigenvalue weighted by Crippen LogP contribution is -1.79. The highest BCUT2D eigenvalue weighted by Gasteiger charge is 1.96. The monoisotopic (exact) mass is 318 g/mol. The van der Waals surface area contributed by atoms with Gasteiger partial charge in [-0.25, -0.2) is 0 Å². The Morgan fingerprint density at radius 1 is 0.812 bits per heavy atom. The fourth-order valence-electron chi connectivity index (χ4n) is 1.53. The summed E-state index contributed by atoms with van der Waals surface area (Å²) in [6.07, 6.45) is 0. The molecule has 0 nitrogen and oxygen atoms in total. The Labute approximate surface area is 110 Å². The number of halogens is 1. The minimum absolute atomic E-state index is 1.07. The summed E-state index contributed by atoms with van der Waals surface area (Å²) in [6, 6.07) is 16.9. The molecule has 0 fully saturated rings. The van der Waals surface area contributed by atoms with Gasteiger partial charge < -0.3 is 0 Å². The SMILES string of the molecule is CC#Cc1ccc(-c2ccc(I)cc2)cc1. The van der Waals surface area contributed by atoms with Gasteiger partial charge in [-0.2, -0.15) is 0 Å². The van der Waals surface area contributed by atoms with Crippen LogP contribution in [0.5, 0.6) is 0 Å². The van der Waals surface area contributed by atoms with Crippen molar-refractivity contribution in [1.29, 1.82) is 0 Å². The highest BCUT2D eigenvalue weighted by atomic mass is 127. The van der Waals surface area contributed by atoms with Gasteiger partial charge in [-0.1, -0.05) is 30.2 Å². The molecule has 2 aromatic rings. The topological polar surface area (TPSA) is 0 Å². The summed E-state index contributed by atoms with van der Waals surface area (Å²) in [5.74, 6) is 5.94. The first-order valence-corrected chi connectivity index (χ1v) is 6.16. The Morgan fingerprint density at radius 3 is 1.81 bits per heavy atom. The van der Waals surface area contributed by atoms with Crippen molar-refractivity contribution in [2.75, 3.05) is 0 Å². The summed E-state index contributed by atoms with van der Waals surface area (Å²) in [6.45, 7) is 1.85. The quantitative estimate of drug-likeness (QED) is 0.542. The zero-order valence-electron chi connectivity index (χ0n) is 9.00. The highest BCUT2D eigenvalue weighted by Crippen LogP contribution is 2.20. The molecule has 0 saturated heterocycles. The van der Waals surface area contributed by atoms with E-state index in [1.54, 1.807) is 0 Å². The largest absolute Gasteiger partial charge is 0.101 e. The fraction of sp³-hybridized carbons (Fsp3) is 0.0667. The van der Waals surface area contributed by atoms with Crippen LogP contribution in [0, 0.1) is 15.4 Å². The molecule has 0 N–H and O–H groups in total. The molecule has 0 bridgehead atoms. The van der Waals surface area contributed by atoms with Crippen LogP contribution in [0.15, 0.2) is 48.5 Å². The lowest BCUT2D eigenvalue weighted by Gasteiger charge is -2.01. The predicted octanol–water partition coefficient (Wildman–Crippen LogP) is 4.33. The molecule has 16 heavy (non-hydrogen) atoms. The van der Waals surface area contributed by atoms with E-state index in [4.69, 9.17) is 0 Å². The summed E-state index contributed by atoms with van der Waals surface area (Å²) in [5.41, 5.74) is 3.55. The van der Waals surface area contributed by atoms with Crippen LogP contribution in [0.1, 0.15) is 12.5 Å². The van der Waals surface area contributed by atoms with E-state index in [1.165, 1.54) is 14.7 Å². The molecular formula is C15H11I. The molecule has 0 unspecified atom stereocenters. The van der Waals surface area contributed by atoms with Crippen molar-refractivity contribution < 1.29 is 0 Å². The third kappa shape index (κ3) is 2.65. The second kappa shape index (κ2) is 5.18. The standard InChI is InChI=1S/C15H11I/c1-2-3-12-4-6-13(7-5-12)14-8-10-15(16)11-9-14/h4-11H,1H3. The molecule has 0 heterocycles. The lowest BCUT2D eigenvalue weighted by molar-refractivity contribution is 1.57. The summed E-state index contributed by atoms with van der Waals surface area (Å²) < 4.78 is 1.26. The first kappa shape index (κ1) is 11.2. The molecule has 0 aliphatic rings. The minimum atomic E-state index is 1.07. The molecule has 1 heteroatoms. The molecule has 0 spiro atoms. The molecule has 0 amide bonds. The Balaban J connectivity index is 2.33. The maximum atomic E-state index is 3.04. The van der Waals surface area contributed by atoms with Crippen LogP contribution in [0.3, 0.4) is 0 Å². The summed E-state index contributed by atoms with van der Waals surface area (Å²) >= 11 is 2.31. The first-order valence-electron chi connectivity index (χ1n) is 5.08. The van der Waals surface area contributed by atoms with Crippen molar-refractivity contribution in [3.8, 4) is 23.0 Å². The lowest BCUT2D eigenvalue weighted by atomic mass is 10.0. The van der Waals surface area contributed by atoms with E-state index in [2.05, 4.69) is 83.0 Å². The average Bonchev–Trinajstić information content (AvgIpc) is 2.32. The van der Waals surface area contributed by atoms with Crippen LogP contribution in [0.4, 0.5) is 0 Å². The van der Waals surface area contributed by atoms with E-state index in [0.29, 0.717) is 0 Å². The smallest absolute Gasteiger partial charge is 0.0245 e. The van der Waals surface area contributed by atoms with Gasteiger partial charge in [0.15, 0.2) is 0 Å². The zero-order chi connectivity index (χ0) is 11.4. The molecule has 0 atom stereocenters. The third-order valence-electron chi connectivity index (χ3n) is 2.33. The van der Waals surface area contributed by atoms with Crippen molar-refractivity contribution in [3.63, 3.8) is 0 Å². The molecule has 0 aliphatic heterocycles. The average molecular weight is 318 g/mol. The van der Waals surface area contributed by atoms with Crippen LogP contribution >= 0.6 is 22.6 Å². The van der Waals surface area contributed by atoms with Crippen LogP contribution < -0.4 is 0 Å². The second-order valence-corrected chi connectivity index (χ2v) is 4.70. The van der Waals surface area contributed by atoms with Gasteiger partial charge in [-0.15, -0.1) is 5.92 Å². The Bertz CT molecular complexity index is 524. The molecule has 78 valence electrons. The summed E-state index contributed by atoms with van der Waals surface area (Å²) in [7, 11) is 0. The second-order valence-electron chi connectivity index (χ2n) is 3.46. The molecule has 2 rings (SSSR count). The summed E-state index contributed by atoms with van der Waals surface area (Å²) in [4.78, 5) is 0. The van der Waals surface area contributed by atoms with E-state index in [0.717, 1.165) is 5.56 Å². The van der Waals surface area contributed by atoms with Crippen molar-refractivity contribution in [1.82, 2.24) is 0 Å². The first-order chi connectivity index (χ1) is 7.79. The van der Waals surface area contributed by atoms with Crippen molar-refractivity contribution in [3.05, 3.63) is 57.7 Å². The van der Waals surface area contributed by atoms with Gasteiger partial charge >= 0.3 is 0 Å². The number of hydrogen-bond donors (Lipinski definition) is 0. The van der Waals surface area contributed by atoms with Gasteiger partial charge in [0.2, 0.25) is 0 Å². The van der Waals surface area contributed by atoms with Crippen molar-refractivity contribution in [2.45, 2.75) is 6.92 Å². The Morgan fingerprint density at radius 2 is 1.31 bits per heavy atom. The summed E-state index contributed by atoms with van der Waals surface area (Å²) in [5, 5.41) is 0. The zero-order valence-corrected chi connectivity index (χ0v) is 11.2. The fourth-order valence-corrected chi connectivity index (χ4v) is 1.89. The van der Waals surface area contributed by atoms with Crippen LogP contribution in [-0.2, 0) is 0 Å². The molecule has 0 saturated carbocycles. The normalized spacial score (nSPS) is 9.38. The number of rotatable bonds is 1. The third-order valence-corrected chi connectivity index (χ3v) is 3.05. The minimum Gasteiger partial charge on any atom is -0.101 e. The van der Waals surface area contributed by atoms with Gasteiger partial charge in [-0.3, -0.25) is 0 Å². The highest BCUT2D eigenvalue weighted by molar-refractivity contribution is 14.1. The van der Waals surface area contributed by atoms with E-state index in [1.807, 2.05) is 6.92 Å². The van der Waals surface area contributed by atoms with E-state index in [-0.39, 0.29) is 0 Å². The van der Waals surface area contributed by atoms with E-state index in [9.17, 15) is 0 Å². The van der Waals surface area contributed by atoms with Gasteiger partial charge in [0.05, 0.1) is 0 Å². The van der Waals surface area contributed by atoms with Gasteiger partial charge in [0.25, 0.3) is 0 Å². The number of benzene rings is 2. The maximum Gasteiger partial charge on any atom is 0.0245 e. The van der Waals surface area contributed by atoms with Crippen LogP contribution in [0.2, 0.25) is 0 Å². The molecular weight excluding hydrogens is 307 g/mol. The molecule has 0 aromatic heterocycles. The van der Waals surface area contributed by atoms with Crippen LogP contribution in [-0.4, -0.2) is 0 Å². The van der Waals surface area contributed by atoms with Gasteiger partial charge in [0.1, 0.15) is 0 Å². The van der Waals surface area contributed by atoms with Gasteiger partial charge in [-0.05, 0) is 64.9 Å².